The number of carbonyl (C=O) groups is 2. The lowest BCUT2D eigenvalue weighted by Gasteiger charge is -2.38. The summed E-state index contributed by atoms with van der Waals surface area (Å²) in [4.78, 5) is 25.3. The van der Waals surface area contributed by atoms with E-state index in [1.54, 1.807) is 0 Å². The lowest BCUT2D eigenvalue weighted by Crippen LogP contribution is -2.53. The van der Waals surface area contributed by atoms with Crippen LogP contribution < -0.4 is 5.73 Å². The number of methoxy groups -OCH3 is 1. The van der Waals surface area contributed by atoms with E-state index >= 15 is 0 Å². The number of amides is 1. The van der Waals surface area contributed by atoms with Crippen molar-refractivity contribution in [1.29, 1.82) is 0 Å². The molecule has 0 aromatic heterocycles. The number of primary amides is 1. The first-order chi connectivity index (χ1) is 11.8. The van der Waals surface area contributed by atoms with E-state index in [0.717, 1.165) is 25.0 Å². The molecule has 1 amide bonds. The fraction of sp³-hybridized carbons (Fsp3) is 0.444. The van der Waals surface area contributed by atoms with Crippen LogP contribution in [0.15, 0.2) is 28.8 Å². The van der Waals surface area contributed by atoms with Crippen LogP contribution in [0, 0.1) is 34.8 Å². The highest BCUT2D eigenvalue weighted by molar-refractivity contribution is 9.10. The van der Waals surface area contributed by atoms with Gasteiger partial charge in [0.05, 0.1) is 22.9 Å². The average molecular weight is 412 g/mol. The van der Waals surface area contributed by atoms with Gasteiger partial charge in [-0.05, 0) is 52.2 Å². The van der Waals surface area contributed by atoms with Gasteiger partial charge in [0.25, 0.3) is 0 Å². The summed E-state index contributed by atoms with van der Waals surface area (Å²) in [5.41, 5.74) is 3.66. The second-order valence-electron chi connectivity index (χ2n) is 7.10. The maximum absolute atomic E-state index is 14.8. The van der Waals surface area contributed by atoms with Gasteiger partial charge in [-0.1, -0.05) is 12.2 Å². The molecule has 1 spiro atoms. The van der Waals surface area contributed by atoms with Gasteiger partial charge in [0, 0.05) is 11.5 Å². The van der Waals surface area contributed by atoms with Crippen molar-refractivity contribution in [2.24, 2.45) is 28.9 Å². The largest absolute Gasteiger partial charge is 0.469 e. The van der Waals surface area contributed by atoms with Crippen LogP contribution >= 0.6 is 15.9 Å². The van der Waals surface area contributed by atoms with E-state index in [1.165, 1.54) is 7.11 Å². The summed E-state index contributed by atoms with van der Waals surface area (Å²) in [6, 6.07) is 1.95. The number of hydrogen-bond donors (Lipinski definition) is 1. The van der Waals surface area contributed by atoms with Gasteiger partial charge >= 0.3 is 5.97 Å². The number of nitrogens with two attached hydrogens (primary N) is 1. The second-order valence-corrected chi connectivity index (χ2v) is 7.96. The highest BCUT2D eigenvalue weighted by atomic mass is 79.9. The zero-order chi connectivity index (χ0) is 18.1. The van der Waals surface area contributed by atoms with Crippen molar-refractivity contribution in [3.8, 4) is 0 Å². The van der Waals surface area contributed by atoms with E-state index in [-0.39, 0.29) is 21.4 Å². The molecule has 0 saturated heterocycles. The Balaban J connectivity index is 2.02. The van der Waals surface area contributed by atoms with Crippen molar-refractivity contribution >= 4 is 27.8 Å². The van der Waals surface area contributed by atoms with Gasteiger partial charge < -0.3 is 10.5 Å². The van der Waals surface area contributed by atoms with Gasteiger partial charge in [-0.15, -0.1) is 0 Å². The Morgan fingerprint density at radius 2 is 1.92 bits per heavy atom. The normalized spacial score (nSPS) is 33.7. The highest BCUT2D eigenvalue weighted by Gasteiger charge is 2.77. The first-order valence-electron chi connectivity index (χ1n) is 8.01. The molecule has 4 nitrogen and oxygen atoms in total. The first-order valence-corrected chi connectivity index (χ1v) is 8.81. The molecule has 4 atom stereocenters. The maximum Gasteiger partial charge on any atom is 0.310 e. The molecule has 2 fully saturated rings. The molecule has 3 aliphatic carbocycles. The minimum absolute atomic E-state index is 0.0529. The average Bonchev–Trinajstić information content (AvgIpc) is 3.23. The number of halogens is 3. The molecule has 2 N–H and O–H groups in total. The Kier molecular flexibility index (Phi) is 3.42. The molecule has 1 aromatic carbocycles. The predicted octanol–water partition coefficient (Wildman–Crippen LogP) is 2.84. The zero-order valence-corrected chi connectivity index (χ0v) is 15.0. The lowest BCUT2D eigenvalue weighted by molar-refractivity contribution is -0.152. The molecule has 1 aromatic rings. The number of ether oxygens (including phenoxy) is 1. The van der Waals surface area contributed by atoms with Crippen LogP contribution in [0.25, 0.3) is 0 Å². The molecular weight excluding hydrogens is 396 g/mol. The number of rotatable bonds is 3. The predicted molar refractivity (Wildman–Crippen MR) is 88.2 cm³/mol. The lowest BCUT2D eigenvalue weighted by atomic mass is 9.63. The van der Waals surface area contributed by atoms with Crippen LogP contribution in [0.3, 0.4) is 0 Å². The van der Waals surface area contributed by atoms with Crippen molar-refractivity contribution in [2.45, 2.75) is 18.3 Å². The van der Waals surface area contributed by atoms with Crippen LogP contribution in [0.2, 0.25) is 0 Å². The molecule has 0 aliphatic heterocycles. The third kappa shape index (κ3) is 1.85. The summed E-state index contributed by atoms with van der Waals surface area (Å²) in [5, 5.41) is 0. The third-order valence-electron chi connectivity index (χ3n) is 6.28. The Morgan fingerprint density at radius 3 is 2.48 bits per heavy atom. The Morgan fingerprint density at radius 1 is 1.24 bits per heavy atom. The Bertz CT molecular complexity index is 836. The van der Waals surface area contributed by atoms with Gasteiger partial charge in [0.1, 0.15) is 11.6 Å². The van der Waals surface area contributed by atoms with E-state index in [1.807, 2.05) is 12.2 Å². The van der Waals surface area contributed by atoms with Crippen LogP contribution in [0.5, 0.6) is 0 Å². The summed E-state index contributed by atoms with van der Waals surface area (Å²) in [6.45, 7) is 0. The van der Waals surface area contributed by atoms with Crippen molar-refractivity contribution in [1.82, 2.24) is 0 Å². The standard InChI is InChI=1S/C18H16BrF2NO3/c1-25-15(23)14-8-2-3-13(17(8)4-5-17)18(14,16(22)24)9-6-12(21)10(19)7-11(9)20/h2-3,6-8,13-14H,4-5H2,1H3,(H2,22,24)/t8-,13+,14+,18-/m1/s1. The fourth-order valence-electron chi connectivity index (χ4n) is 5.21. The summed E-state index contributed by atoms with van der Waals surface area (Å²) in [6.07, 6.45) is 5.37. The zero-order valence-electron chi connectivity index (χ0n) is 13.4. The van der Waals surface area contributed by atoms with E-state index in [2.05, 4.69) is 15.9 Å². The van der Waals surface area contributed by atoms with E-state index in [0.29, 0.717) is 0 Å². The van der Waals surface area contributed by atoms with Gasteiger partial charge in [-0.25, -0.2) is 8.78 Å². The van der Waals surface area contributed by atoms with Gasteiger partial charge in [0.15, 0.2) is 0 Å². The number of esters is 1. The molecule has 3 aliphatic rings. The molecule has 2 bridgehead atoms. The summed E-state index contributed by atoms with van der Waals surface area (Å²) in [5.74, 6) is -4.58. The van der Waals surface area contributed by atoms with Gasteiger partial charge in [0.2, 0.25) is 5.91 Å². The molecule has 25 heavy (non-hydrogen) atoms. The number of hydrogen-bond acceptors (Lipinski definition) is 3. The smallest absolute Gasteiger partial charge is 0.310 e. The highest BCUT2D eigenvalue weighted by Crippen LogP contribution is 2.76. The second kappa shape index (κ2) is 5.13. The Labute approximate surface area is 151 Å². The summed E-state index contributed by atoms with van der Waals surface area (Å²) in [7, 11) is 1.22. The molecule has 7 heteroatoms. The molecule has 0 unspecified atom stereocenters. The fourth-order valence-corrected chi connectivity index (χ4v) is 5.52. The van der Waals surface area contributed by atoms with Crippen molar-refractivity contribution in [3.05, 3.63) is 46.0 Å². The third-order valence-corrected chi connectivity index (χ3v) is 6.89. The van der Waals surface area contributed by atoms with Gasteiger partial charge in [-0.3, -0.25) is 9.59 Å². The van der Waals surface area contributed by atoms with Crippen LogP contribution in [0.4, 0.5) is 8.78 Å². The SMILES string of the molecule is COC(=O)[C@@H]1[C@H]2C=C[C@@H](C23CC3)[C@]1(C(N)=O)c1cc(F)c(Br)cc1F. The van der Waals surface area contributed by atoms with Crippen LogP contribution in [-0.2, 0) is 19.7 Å². The molecule has 132 valence electrons. The summed E-state index contributed by atoms with van der Waals surface area (Å²) < 4.78 is 33.9. The van der Waals surface area contributed by atoms with E-state index in [4.69, 9.17) is 10.5 Å². The Hall–Kier alpha value is -1.76. The topological polar surface area (TPSA) is 69.4 Å². The van der Waals surface area contributed by atoms with Crippen LogP contribution in [0.1, 0.15) is 18.4 Å². The van der Waals surface area contributed by atoms with Crippen LogP contribution in [-0.4, -0.2) is 19.0 Å². The van der Waals surface area contributed by atoms with Crippen molar-refractivity contribution in [2.75, 3.05) is 7.11 Å². The van der Waals surface area contributed by atoms with Crippen molar-refractivity contribution in [3.63, 3.8) is 0 Å². The van der Waals surface area contributed by atoms with E-state index in [9.17, 15) is 18.4 Å². The van der Waals surface area contributed by atoms with E-state index < -0.39 is 40.8 Å². The molecule has 4 rings (SSSR count). The first kappa shape index (κ1) is 16.7. The monoisotopic (exact) mass is 411 g/mol. The molecular formula is C18H16BrF2NO3. The minimum Gasteiger partial charge on any atom is -0.469 e. The molecule has 0 heterocycles. The van der Waals surface area contributed by atoms with Gasteiger partial charge in [-0.2, -0.15) is 0 Å². The molecule has 0 radical (unpaired) electrons. The summed E-state index contributed by atoms with van der Waals surface area (Å²) >= 11 is 2.94. The molecule has 2 saturated carbocycles. The number of benzene rings is 1. The quantitative estimate of drug-likeness (QED) is 0.472. The number of carbonyl (C=O) groups excluding carboxylic acids is 2. The van der Waals surface area contributed by atoms with Crippen molar-refractivity contribution < 1.29 is 23.1 Å². The number of allylic oxidation sites excluding steroid dienone is 2. The maximum atomic E-state index is 14.8. The minimum atomic E-state index is -1.64.